The number of nitrogens with zero attached hydrogens (tertiary/aromatic N) is 1. The Hall–Kier alpha value is -3.09. The summed E-state index contributed by atoms with van der Waals surface area (Å²) in [4.78, 5) is 23.9. The van der Waals surface area contributed by atoms with Crippen LogP contribution >= 0.6 is 23.2 Å². The van der Waals surface area contributed by atoms with Crippen molar-refractivity contribution in [3.63, 3.8) is 0 Å². The van der Waals surface area contributed by atoms with E-state index in [4.69, 9.17) is 23.2 Å². The molecule has 6 nitrogen and oxygen atoms in total. The largest absolute Gasteiger partial charge is 0.507 e. The molecule has 3 N–H and O–H groups in total. The van der Waals surface area contributed by atoms with Gasteiger partial charge in [0.15, 0.2) is 0 Å². The van der Waals surface area contributed by atoms with Gasteiger partial charge >= 0.3 is 11.8 Å². The minimum absolute atomic E-state index is 0.00172. The van der Waals surface area contributed by atoms with E-state index in [1.54, 1.807) is 12.1 Å². The van der Waals surface area contributed by atoms with Crippen LogP contribution in [-0.4, -0.2) is 23.1 Å². The number of hydrazone groups is 1. The number of carbonyl (C=O) groups excluding carboxylic acids is 2. The summed E-state index contributed by atoms with van der Waals surface area (Å²) in [7, 11) is 0. The lowest BCUT2D eigenvalue weighted by Crippen LogP contribution is -2.32. The molecule has 0 bridgehead atoms. The first-order valence-corrected chi connectivity index (χ1v) is 8.51. The highest BCUT2D eigenvalue weighted by molar-refractivity contribution is 6.42. The fraction of sp³-hybridized carbons (Fsp3) is 0. The second-order valence-corrected chi connectivity index (χ2v) is 6.34. The van der Waals surface area contributed by atoms with Gasteiger partial charge in [-0.25, -0.2) is 5.43 Å². The predicted molar refractivity (Wildman–Crippen MR) is 106 cm³/mol. The van der Waals surface area contributed by atoms with Crippen molar-refractivity contribution in [2.75, 3.05) is 5.32 Å². The zero-order chi connectivity index (χ0) is 19.4. The Morgan fingerprint density at radius 3 is 2.59 bits per heavy atom. The van der Waals surface area contributed by atoms with Crippen molar-refractivity contribution in [2.24, 2.45) is 5.10 Å². The van der Waals surface area contributed by atoms with Crippen molar-refractivity contribution in [1.29, 1.82) is 0 Å². The van der Waals surface area contributed by atoms with Crippen LogP contribution in [0.2, 0.25) is 10.0 Å². The number of rotatable bonds is 3. The molecule has 3 aromatic rings. The van der Waals surface area contributed by atoms with Crippen LogP contribution in [0.15, 0.2) is 59.7 Å². The highest BCUT2D eigenvalue weighted by Crippen LogP contribution is 2.26. The van der Waals surface area contributed by atoms with Gasteiger partial charge in [-0.1, -0.05) is 53.5 Å². The Morgan fingerprint density at radius 2 is 1.78 bits per heavy atom. The van der Waals surface area contributed by atoms with E-state index in [0.717, 1.165) is 10.8 Å². The van der Waals surface area contributed by atoms with Crippen LogP contribution in [0.4, 0.5) is 5.69 Å². The number of phenolic OH excluding ortho intramolecular Hbond substituents is 1. The predicted octanol–water partition coefficient (Wildman–Crippen LogP) is 3.94. The fourth-order valence-electron chi connectivity index (χ4n) is 2.40. The SMILES string of the molecule is O=C(NN=Cc1c(O)ccc2ccccc12)C(=O)Nc1cc(Cl)ccc1Cl. The van der Waals surface area contributed by atoms with Crippen LogP contribution in [-0.2, 0) is 9.59 Å². The summed E-state index contributed by atoms with van der Waals surface area (Å²) in [5.41, 5.74) is 2.74. The number of phenols is 1. The summed E-state index contributed by atoms with van der Waals surface area (Å²) in [5, 5.41) is 18.4. The van der Waals surface area contributed by atoms with E-state index in [9.17, 15) is 14.7 Å². The van der Waals surface area contributed by atoms with Gasteiger partial charge in [0.2, 0.25) is 0 Å². The Bertz CT molecular complexity index is 1070. The van der Waals surface area contributed by atoms with E-state index in [-0.39, 0.29) is 16.5 Å². The molecule has 0 heterocycles. The molecule has 0 radical (unpaired) electrons. The zero-order valence-corrected chi connectivity index (χ0v) is 15.3. The molecular weight excluding hydrogens is 389 g/mol. The second kappa shape index (κ2) is 8.07. The van der Waals surface area contributed by atoms with Crippen molar-refractivity contribution in [3.8, 4) is 5.75 Å². The quantitative estimate of drug-likeness (QED) is 0.352. The minimum Gasteiger partial charge on any atom is -0.507 e. The maximum Gasteiger partial charge on any atom is 0.329 e. The molecule has 3 aromatic carbocycles. The van der Waals surface area contributed by atoms with Crippen LogP contribution < -0.4 is 10.7 Å². The number of benzene rings is 3. The molecule has 0 spiro atoms. The van der Waals surface area contributed by atoms with Gasteiger partial charge in [-0.15, -0.1) is 0 Å². The minimum atomic E-state index is -0.998. The topological polar surface area (TPSA) is 90.8 Å². The third-order valence-electron chi connectivity index (χ3n) is 3.69. The summed E-state index contributed by atoms with van der Waals surface area (Å²) >= 11 is 11.8. The molecule has 0 unspecified atom stereocenters. The van der Waals surface area contributed by atoms with Crippen molar-refractivity contribution in [1.82, 2.24) is 5.43 Å². The number of aromatic hydroxyl groups is 1. The van der Waals surface area contributed by atoms with Gasteiger partial charge in [-0.3, -0.25) is 9.59 Å². The summed E-state index contributed by atoms with van der Waals surface area (Å²) < 4.78 is 0. The summed E-state index contributed by atoms with van der Waals surface area (Å²) in [6.07, 6.45) is 1.27. The molecule has 136 valence electrons. The maximum absolute atomic E-state index is 11.9. The van der Waals surface area contributed by atoms with Crippen LogP contribution in [0.3, 0.4) is 0 Å². The summed E-state index contributed by atoms with van der Waals surface area (Å²) in [6, 6.07) is 15.2. The van der Waals surface area contributed by atoms with E-state index in [0.29, 0.717) is 10.6 Å². The lowest BCUT2D eigenvalue weighted by Gasteiger charge is -2.07. The first-order chi connectivity index (χ1) is 13.0. The average Bonchev–Trinajstić information content (AvgIpc) is 2.66. The highest BCUT2D eigenvalue weighted by Gasteiger charge is 2.15. The molecule has 0 fully saturated rings. The molecule has 27 heavy (non-hydrogen) atoms. The molecule has 2 amide bonds. The zero-order valence-electron chi connectivity index (χ0n) is 13.7. The van der Waals surface area contributed by atoms with Crippen molar-refractivity contribution < 1.29 is 14.7 Å². The van der Waals surface area contributed by atoms with Crippen LogP contribution in [0.25, 0.3) is 10.8 Å². The molecule has 0 atom stereocenters. The number of amides is 2. The van der Waals surface area contributed by atoms with Gasteiger partial charge in [0.05, 0.1) is 16.9 Å². The van der Waals surface area contributed by atoms with Gasteiger partial charge in [-0.2, -0.15) is 5.10 Å². The van der Waals surface area contributed by atoms with Gasteiger partial charge in [0.1, 0.15) is 5.75 Å². The van der Waals surface area contributed by atoms with Crippen LogP contribution in [0, 0.1) is 0 Å². The molecule has 0 saturated heterocycles. The monoisotopic (exact) mass is 401 g/mol. The third kappa shape index (κ3) is 4.36. The Balaban J connectivity index is 1.71. The number of carbonyl (C=O) groups is 2. The number of fused-ring (bicyclic) bond motifs is 1. The van der Waals surface area contributed by atoms with Gasteiger partial charge < -0.3 is 10.4 Å². The van der Waals surface area contributed by atoms with Gasteiger partial charge in [0.25, 0.3) is 0 Å². The number of nitrogens with one attached hydrogen (secondary N) is 2. The summed E-state index contributed by atoms with van der Waals surface area (Å²) in [6.45, 7) is 0. The summed E-state index contributed by atoms with van der Waals surface area (Å²) in [5.74, 6) is -1.96. The normalized spacial score (nSPS) is 10.9. The molecule has 0 saturated carbocycles. The fourth-order valence-corrected chi connectivity index (χ4v) is 2.74. The van der Waals surface area contributed by atoms with E-state index in [1.165, 1.54) is 24.4 Å². The Labute approximate surface area is 164 Å². The Kier molecular flexibility index (Phi) is 5.59. The first kappa shape index (κ1) is 18.7. The smallest absolute Gasteiger partial charge is 0.329 e. The van der Waals surface area contributed by atoms with E-state index >= 15 is 0 Å². The van der Waals surface area contributed by atoms with E-state index < -0.39 is 11.8 Å². The molecule has 0 aromatic heterocycles. The molecular formula is C19H13Cl2N3O3. The third-order valence-corrected chi connectivity index (χ3v) is 4.25. The molecule has 3 rings (SSSR count). The number of anilines is 1. The molecule has 0 aliphatic carbocycles. The van der Waals surface area contributed by atoms with Crippen molar-refractivity contribution in [3.05, 3.63) is 70.2 Å². The van der Waals surface area contributed by atoms with Gasteiger partial charge in [-0.05, 0) is 35.0 Å². The molecule has 0 aliphatic rings. The highest BCUT2D eigenvalue weighted by atomic mass is 35.5. The first-order valence-electron chi connectivity index (χ1n) is 7.76. The van der Waals surface area contributed by atoms with E-state index in [2.05, 4.69) is 15.8 Å². The van der Waals surface area contributed by atoms with E-state index in [1.807, 2.05) is 24.3 Å². The number of halogens is 2. The van der Waals surface area contributed by atoms with Crippen LogP contribution in [0.5, 0.6) is 5.75 Å². The maximum atomic E-state index is 11.9. The molecule has 0 aliphatic heterocycles. The van der Waals surface area contributed by atoms with Gasteiger partial charge in [0, 0.05) is 10.6 Å². The lowest BCUT2D eigenvalue weighted by atomic mass is 10.0. The van der Waals surface area contributed by atoms with Crippen molar-refractivity contribution in [2.45, 2.75) is 0 Å². The molecule has 8 heteroatoms. The van der Waals surface area contributed by atoms with Crippen molar-refractivity contribution >= 4 is 57.7 Å². The number of hydrogen-bond donors (Lipinski definition) is 3. The number of hydrogen-bond acceptors (Lipinski definition) is 4. The standard InChI is InChI=1S/C19H13Cl2N3O3/c20-12-6-7-15(21)16(9-12)23-18(26)19(27)24-22-10-14-13-4-2-1-3-11(13)5-8-17(14)25/h1-10,25H,(H,23,26)(H,24,27). The Morgan fingerprint density at radius 1 is 1.00 bits per heavy atom. The lowest BCUT2D eigenvalue weighted by molar-refractivity contribution is -0.136. The van der Waals surface area contributed by atoms with Crippen LogP contribution in [0.1, 0.15) is 5.56 Å². The second-order valence-electron chi connectivity index (χ2n) is 5.50. The average molecular weight is 402 g/mol.